The average Bonchev–Trinajstić information content (AvgIpc) is 3.41. The van der Waals surface area contributed by atoms with Crippen molar-refractivity contribution in [2.45, 2.75) is 12.7 Å². The predicted molar refractivity (Wildman–Crippen MR) is 130 cm³/mol. The molecule has 1 aromatic heterocycles. The van der Waals surface area contributed by atoms with Crippen molar-refractivity contribution in [3.05, 3.63) is 94.5 Å². The van der Waals surface area contributed by atoms with Gasteiger partial charge in [-0.3, -0.25) is 9.59 Å². The van der Waals surface area contributed by atoms with E-state index in [9.17, 15) is 19.2 Å². The monoisotopic (exact) mass is 483 g/mol. The third kappa shape index (κ3) is 3.77. The number of hydrogen-bond donors (Lipinski definition) is 1. The second-order valence-electron chi connectivity index (χ2n) is 8.24. The van der Waals surface area contributed by atoms with Crippen LogP contribution in [0.5, 0.6) is 0 Å². The predicted octanol–water partition coefficient (Wildman–Crippen LogP) is 4.37. The highest BCUT2D eigenvalue weighted by Gasteiger charge is 2.39. The number of esters is 2. The van der Waals surface area contributed by atoms with Crippen molar-refractivity contribution in [2.24, 2.45) is 0 Å². The largest absolute Gasteiger partial charge is 0.465 e. The quantitative estimate of drug-likeness (QED) is 0.320. The number of ether oxygens (including phenoxy) is 3. The smallest absolute Gasteiger partial charge is 0.338 e. The Labute approximate surface area is 205 Å². The average molecular weight is 483 g/mol. The van der Waals surface area contributed by atoms with Crippen LogP contribution in [-0.2, 0) is 20.8 Å². The van der Waals surface area contributed by atoms with E-state index in [1.54, 1.807) is 30.3 Å². The molecule has 0 bridgehead atoms. The number of nitrogens with one attached hydrogen (secondary N) is 1. The standard InChI is InChI=1S/C28H21NO7/c1-34-27(32)16-12-19(28(33)35-2)22-20(23(29-21(22)13-16)15-8-4-3-5-9-15)14-36-26-24(30)17-10-6-7-11-18(17)25(26)31/h3-13,26,29H,14H2,1-2H3. The van der Waals surface area contributed by atoms with Crippen molar-refractivity contribution in [1.82, 2.24) is 4.98 Å². The first-order valence-corrected chi connectivity index (χ1v) is 11.1. The molecule has 0 atom stereocenters. The summed E-state index contributed by atoms with van der Waals surface area (Å²) in [6, 6.07) is 18.9. The van der Waals surface area contributed by atoms with E-state index in [4.69, 9.17) is 14.2 Å². The minimum Gasteiger partial charge on any atom is -0.465 e. The molecular formula is C28H21NO7. The molecule has 1 N–H and O–H groups in total. The first kappa shape index (κ1) is 23.2. The lowest BCUT2D eigenvalue weighted by molar-refractivity contribution is 0.0353. The van der Waals surface area contributed by atoms with E-state index in [1.165, 1.54) is 20.3 Å². The summed E-state index contributed by atoms with van der Waals surface area (Å²) in [6.07, 6.45) is -1.29. The molecule has 5 rings (SSSR count). The van der Waals surface area contributed by atoms with Crippen LogP contribution in [0, 0.1) is 0 Å². The topological polar surface area (TPSA) is 112 Å². The normalized spacial score (nSPS) is 13.2. The Bertz CT molecular complexity index is 1500. The van der Waals surface area contributed by atoms with Gasteiger partial charge in [0, 0.05) is 27.6 Å². The van der Waals surface area contributed by atoms with Gasteiger partial charge in [-0.05, 0) is 17.7 Å². The van der Waals surface area contributed by atoms with Crippen LogP contribution in [-0.4, -0.2) is 48.8 Å². The van der Waals surface area contributed by atoms with Crippen LogP contribution in [0.2, 0.25) is 0 Å². The number of methoxy groups -OCH3 is 2. The van der Waals surface area contributed by atoms with E-state index < -0.39 is 29.6 Å². The molecule has 1 aliphatic carbocycles. The minimum absolute atomic E-state index is 0.125. The van der Waals surface area contributed by atoms with Crippen molar-refractivity contribution in [1.29, 1.82) is 0 Å². The summed E-state index contributed by atoms with van der Waals surface area (Å²) in [5.74, 6) is -2.09. The maximum Gasteiger partial charge on any atom is 0.338 e. The van der Waals surface area contributed by atoms with Crippen LogP contribution in [0.1, 0.15) is 47.0 Å². The van der Waals surface area contributed by atoms with E-state index in [-0.39, 0.29) is 17.7 Å². The van der Waals surface area contributed by atoms with Crippen LogP contribution in [0.4, 0.5) is 0 Å². The van der Waals surface area contributed by atoms with Crippen LogP contribution in [0.3, 0.4) is 0 Å². The van der Waals surface area contributed by atoms with E-state index in [1.807, 2.05) is 30.3 Å². The number of carbonyl (C=O) groups is 4. The van der Waals surface area contributed by atoms with Gasteiger partial charge in [-0.25, -0.2) is 9.59 Å². The highest BCUT2D eigenvalue weighted by molar-refractivity contribution is 6.28. The molecule has 1 aliphatic rings. The van der Waals surface area contributed by atoms with E-state index >= 15 is 0 Å². The van der Waals surface area contributed by atoms with Gasteiger partial charge in [0.15, 0.2) is 17.7 Å². The summed E-state index contributed by atoms with van der Waals surface area (Å²) >= 11 is 0. The molecule has 3 aromatic carbocycles. The zero-order chi connectivity index (χ0) is 25.4. The molecule has 180 valence electrons. The summed E-state index contributed by atoms with van der Waals surface area (Å²) in [6.45, 7) is -0.151. The molecule has 0 aliphatic heterocycles. The van der Waals surface area contributed by atoms with Crippen molar-refractivity contribution >= 4 is 34.4 Å². The third-order valence-electron chi connectivity index (χ3n) is 6.22. The second kappa shape index (κ2) is 9.24. The van der Waals surface area contributed by atoms with Crippen LogP contribution >= 0.6 is 0 Å². The Hall–Kier alpha value is -4.56. The maximum absolute atomic E-state index is 12.9. The van der Waals surface area contributed by atoms with Gasteiger partial charge in [0.25, 0.3) is 0 Å². The number of H-pyrrole nitrogens is 1. The molecule has 0 saturated heterocycles. The Morgan fingerprint density at radius 2 is 1.44 bits per heavy atom. The molecule has 1 heterocycles. The van der Waals surface area contributed by atoms with Gasteiger partial charge in [-0.15, -0.1) is 0 Å². The van der Waals surface area contributed by atoms with Gasteiger partial charge in [0.2, 0.25) is 0 Å². The van der Waals surface area contributed by atoms with Gasteiger partial charge in [-0.2, -0.15) is 0 Å². The first-order valence-electron chi connectivity index (χ1n) is 11.1. The SMILES string of the molecule is COC(=O)c1cc(C(=O)OC)c2c(COC3C(=O)c4ccccc4C3=O)c(-c3ccccc3)[nH]c2c1. The number of aromatic nitrogens is 1. The number of carbonyl (C=O) groups excluding carboxylic acids is 4. The van der Waals surface area contributed by atoms with Crippen molar-refractivity contribution in [3.8, 4) is 11.3 Å². The summed E-state index contributed by atoms with van der Waals surface area (Å²) < 4.78 is 15.8. The summed E-state index contributed by atoms with van der Waals surface area (Å²) in [5, 5.41) is 0.462. The fourth-order valence-corrected chi connectivity index (χ4v) is 4.54. The zero-order valence-electron chi connectivity index (χ0n) is 19.5. The number of Topliss-reactive ketones (excluding diaryl/α,β-unsaturated/α-hetero) is 2. The summed E-state index contributed by atoms with van der Waals surface area (Å²) in [7, 11) is 2.49. The van der Waals surface area contributed by atoms with Gasteiger partial charge < -0.3 is 19.2 Å². The lowest BCUT2D eigenvalue weighted by Crippen LogP contribution is -2.25. The second-order valence-corrected chi connectivity index (χ2v) is 8.24. The number of hydrogen-bond acceptors (Lipinski definition) is 7. The Kier molecular flexibility index (Phi) is 5.95. The highest BCUT2D eigenvalue weighted by atomic mass is 16.5. The fraction of sp³-hybridized carbons (Fsp3) is 0.143. The van der Waals surface area contributed by atoms with Gasteiger partial charge in [0.05, 0.1) is 37.6 Å². The summed E-state index contributed by atoms with van der Waals surface area (Å²) in [5.41, 5.74) is 3.37. The molecule has 36 heavy (non-hydrogen) atoms. The number of ketones is 2. The Morgan fingerprint density at radius 1 is 0.833 bits per heavy atom. The number of benzene rings is 3. The Balaban J connectivity index is 1.64. The van der Waals surface area contributed by atoms with Crippen LogP contribution in [0.15, 0.2) is 66.7 Å². The molecular weight excluding hydrogens is 462 g/mol. The van der Waals surface area contributed by atoms with Crippen molar-refractivity contribution in [2.75, 3.05) is 14.2 Å². The van der Waals surface area contributed by atoms with E-state index in [0.717, 1.165) is 5.56 Å². The molecule has 0 unspecified atom stereocenters. The third-order valence-corrected chi connectivity index (χ3v) is 6.22. The molecule has 0 fully saturated rings. The zero-order valence-corrected chi connectivity index (χ0v) is 19.5. The van der Waals surface area contributed by atoms with Crippen LogP contribution < -0.4 is 0 Å². The Morgan fingerprint density at radius 3 is 2.06 bits per heavy atom. The van der Waals surface area contributed by atoms with Crippen LogP contribution in [0.25, 0.3) is 22.2 Å². The number of rotatable bonds is 6. The molecule has 0 amide bonds. The van der Waals surface area contributed by atoms with Gasteiger partial charge >= 0.3 is 11.9 Å². The van der Waals surface area contributed by atoms with Crippen molar-refractivity contribution in [3.63, 3.8) is 0 Å². The molecule has 8 heteroatoms. The summed E-state index contributed by atoms with van der Waals surface area (Å²) in [4.78, 5) is 54.1. The number of aromatic amines is 1. The number of fused-ring (bicyclic) bond motifs is 2. The highest BCUT2D eigenvalue weighted by Crippen LogP contribution is 2.35. The lowest BCUT2D eigenvalue weighted by atomic mass is 10.00. The first-order chi connectivity index (χ1) is 17.4. The van der Waals surface area contributed by atoms with E-state index in [2.05, 4.69) is 4.98 Å². The molecule has 8 nitrogen and oxygen atoms in total. The van der Waals surface area contributed by atoms with E-state index in [0.29, 0.717) is 33.3 Å². The molecule has 0 saturated carbocycles. The van der Waals surface area contributed by atoms with Crippen molar-refractivity contribution < 1.29 is 33.4 Å². The molecule has 0 radical (unpaired) electrons. The maximum atomic E-state index is 12.9. The molecule has 4 aromatic rings. The minimum atomic E-state index is -1.29. The van der Waals surface area contributed by atoms with Gasteiger partial charge in [-0.1, -0.05) is 54.6 Å². The van der Waals surface area contributed by atoms with Gasteiger partial charge in [0.1, 0.15) is 0 Å². The lowest BCUT2D eigenvalue weighted by Gasteiger charge is -2.12. The fourth-order valence-electron chi connectivity index (χ4n) is 4.54. The molecule has 0 spiro atoms.